The van der Waals surface area contributed by atoms with Gasteiger partial charge >= 0.3 is 0 Å². The fourth-order valence-electron chi connectivity index (χ4n) is 6.47. The van der Waals surface area contributed by atoms with Gasteiger partial charge in [-0.1, -0.05) is 75.2 Å². The molecule has 32 heavy (non-hydrogen) atoms. The molecule has 178 valence electrons. The van der Waals surface area contributed by atoms with Crippen molar-refractivity contribution in [1.29, 1.82) is 0 Å². The summed E-state index contributed by atoms with van der Waals surface area (Å²) < 4.78 is 0. The molecule has 0 aromatic rings. The van der Waals surface area contributed by atoms with Crippen LogP contribution < -0.4 is 10.6 Å². The first-order valence-corrected chi connectivity index (χ1v) is 13.3. The molecular weight excluding hydrogens is 414 g/mol. The first-order chi connectivity index (χ1) is 15.3. The van der Waals surface area contributed by atoms with Crippen LogP contribution in [0.5, 0.6) is 0 Å². The molecule has 0 saturated carbocycles. The first-order valence-electron chi connectivity index (χ1n) is 12.9. The molecule has 0 aromatic carbocycles. The molecule has 2 heterocycles. The van der Waals surface area contributed by atoms with Crippen LogP contribution >= 0.6 is 11.6 Å². The molecule has 2 N–H and O–H groups in total. The molecule has 2 aliphatic carbocycles. The van der Waals surface area contributed by atoms with Crippen molar-refractivity contribution in [2.45, 2.75) is 65.5 Å². The lowest BCUT2D eigenvalue weighted by Gasteiger charge is -2.47. The van der Waals surface area contributed by atoms with Crippen molar-refractivity contribution in [2.75, 3.05) is 32.7 Å². The van der Waals surface area contributed by atoms with Crippen LogP contribution in [-0.2, 0) is 0 Å². The van der Waals surface area contributed by atoms with Crippen molar-refractivity contribution in [2.24, 2.45) is 29.1 Å². The van der Waals surface area contributed by atoms with Crippen LogP contribution in [0.4, 0.5) is 0 Å². The Kier molecular flexibility index (Phi) is 8.03. The summed E-state index contributed by atoms with van der Waals surface area (Å²) in [6, 6.07) is 1.12. The second-order valence-corrected chi connectivity index (χ2v) is 12.0. The van der Waals surface area contributed by atoms with Crippen LogP contribution in [0.25, 0.3) is 0 Å². The smallest absolute Gasteiger partial charge is 0.0319 e. The van der Waals surface area contributed by atoms with Gasteiger partial charge in [-0.25, -0.2) is 0 Å². The molecule has 2 saturated heterocycles. The lowest BCUT2D eigenvalue weighted by Crippen LogP contribution is -2.52. The van der Waals surface area contributed by atoms with E-state index in [1.165, 1.54) is 25.9 Å². The number of rotatable bonds is 8. The zero-order chi connectivity index (χ0) is 22.7. The van der Waals surface area contributed by atoms with E-state index in [-0.39, 0.29) is 0 Å². The van der Waals surface area contributed by atoms with Crippen LogP contribution in [0.3, 0.4) is 0 Å². The zero-order valence-electron chi connectivity index (χ0n) is 20.6. The van der Waals surface area contributed by atoms with Gasteiger partial charge in [0.2, 0.25) is 0 Å². The third kappa shape index (κ3) is 5.78. The largest absolute Gasteiger partial charge is 0.312 e. The molecule has 3 nitrogen and oxygen atoms in total. The summed E-state index contributed by atoms with van der Waals surface area (Å²) in [4.78, 5) is 2.72. The maximum atomic E-state index is 6.21. The number of fused-ring (bicyclic) bond motifs is 1. The van der Waals surface area contributed by atoms with Gasteiger partial charge < -0.3 is 15.5 Å². The van der Waals surface area contributed by atoms with E-state index in [0.717, 1.165) is 43.4 Å². The molecule has 0 aromatic heterocycles. The van der Waals surface area contributed by atoms with Gasteiger partial charge in [0.15, 0.2) is 0 Å². The summed E-state index contributed by atoms with van der Waals surface area (Å²) in [6.45, 7) is 15.5. The average Bonchev–Trinajstić information content (AvgIpc) is 3.16. The minimum absolute atomic E-state index is 0.314. The molecule has 2 aliphatic heterocycles. The highest BCUT2D eigenvalue weighted by molar-refractivity contribution is 6.29. The van der Waals surface area contributed by atoms with E-state index in [1.54, 1.807) is 5.57 Å². The van der Waals surface area contributed by atoms with Crippen LogP contribution in [0.1, 0.15) is 53.4 Å². The highest BCUT2D eigenvalue weighted by Gasteiger charge is 2.38. The summed E-state index contributed by atoms with van der Waals surface area (Å²) in [6.07, 6.45) is 18.3. The van der Waals surface area contributed by atoms with Crippen LogP contribution in [-0.4, -0.2) is 49.7 Å². The van der Waals surface area contributed by atoms with Crippen molar-refractivity contribution in [3.63, 3.8) is 0 Å². The zero-order valence-corrected chi connectivity index (χ0v) is 21.4. The van der Waals surface area contributed by atoms with E-state index >= 15 is 0 Å². The minimum Gasteiger partial charge on any atom is -0.312 e. The monoisotopic (exact) mass is 457 g/mol. The molecule has 5 atom stereocenters. The first kappa shape index (κ1) is 24.3. The van der Waals surface area contributed by atoms with Gasteiger partial charge in [-0.2, -0.15) is 0 Å². The number of likely N-dealkylation sites (tertiary alicyclic amines) is 1. The van der Waals surface area contributed by atoms with Gasteiger partial charge in [0.25, 0.3) is 0 Å². The molecule has 0 bridgehead atoms. The molecule has 4 aliphatic rings. The van der Waals surface area contributed by atoms with E-state index in [0.29, 0.717) is 35.3 Å². The maximum Gasteiger partial charge on any atom is 0.0319 e. The Morgan fingerprint density at radius 3 is 2.72 bits per heavy atom. The number of hydrogen-bond donors (Lipinski definition) is 2. The van der Waals surface area contributed by atoms with Crippen LogP contribution in [0, 0.1) is 29.1 Å². The van der Waals surface area contributed by atoms with Gasteiger partial charge in [0.05, 0.1) is 0 Å². The Hall–Kier alpha value is -0.870. The second-order valence-electron chi connectivity index (χ2n) is 11.6. The lowest BCUT2D eigenvalue weighted by molar-refractivity contribution is 0.0603. The fourth-order valence-corrected chi connectivity index (χ4v) is 6.63. The van der Waals surface area contributed by atoms with E-state index in [9.17, 15) is 0 Å². The van der Waals surface area contributed by atoms with Crippen LogP contribution in [0.15, 0.2) is 47.1 Å². The van der Waals surface area contributed by atoms with Gasteiger partial charge in [-0.15, -0.1) is 0 Å². The molecule has 4 rings (SSSR count). The quantitative estimate of drug-likeness (QED) is 0.503. The van der Waals surface area contributed by atoms with E-state index in [1.807, 2.05) is 0 Å². The highest BCUT2D eigenvalue weighted by atomic mass is 35.5. The standard InChI is InChI=1S/C28H44ClN3/c1-20(2)27(30-15-13-22-17-31-26-8-6-5-7-24(22)26)18-32-16-14-25(28(3,4)19-32)21-9-11-23(29)12-10-21/h5-9,11,20,22,24-27,30-31H,10,12-19H2,1-4H3/t22?,24?,25?,26?,27-/m0/s1. The fraction of sp³-hybridized carbons (Fsp3) is 0.714. The maximum absolute atomic E-state index is 6.21. The molecular formula is C28H44ClN3. The second kappa shape index (κ2) is 10.6. The number of nitrogens with one attached hydrogen (secondary N) is 2. The Bertz CT molecular complexity index is 763. The SMILES string of the molecule is CC(C)[C@H](CN1CCC(C2=CC=C(Cl)CC2)C(C)(C)C1)NCCC1CNC2C=CC=CC12. The number of piperidine rings is 1. The summed E-state index contributed by atoms with van der Waals surface area (Å²) in [7, 11) is 0. The lowest BCUT2D eigenvalue weighted by atomic mass is 9.68. The Morgan fingerprint density at radius 1 is 1.19 bits per heavy atom. The predicted octanol–water partition coefficient (Wildman–Crippen LogP) is 5.51. The number of hydrogen-bond acceptors (Lipinski definition) is 3. The van der Waals surface area contributed by atoms with Crippen molar-refractivity contribution >= 4 is 11.6 Å². The minimum atomic E-state index is 0.314. The van der Waals surface area contributed by atoms with Gasteiger partial charge in [-0.3, -0.25) is 0 Å². The van der Waals surface area contributed by atoms with Crippen molar-refractivity contribution < 1.29 is 0 Å². The highest BCUT2D eigenvalue weighted by Crippen LogP contribution is 2.42. The molecule has 0 radical (unpaired) electrons. The molecule has 4 unspecified atom stereocenters. The third-order valence-electron chi connectivity index (χ3n) is 8.41. The normalized spacial score (nSPS) is 33.2. The number of halogens is 1. The predicted molar refractivity (Wildman–Crippen MR) is 138 cm³/mol. The van der Waals surface area contributed by atoms with Crippen molar-refractivity contribution in [1.82, 2.24) is 15.5 Å². The summed E-state index contributed by atoms with van der Waals surface area (Å²) in [5, 5.41) is 8.65. The van der Waals surface area contributed by atoms with Crippen molar-refractivity contribution in [3.05, 3.63) is 47.1 Å². The van der Waals surface area contributed by atoms with Gasteiger partial charge in [0.1, 0.15) is 0 Å². The van der Waals surface area contributed by atoms with Crippen LogP contribution in [0.2, 0.25) is 0 Å². The number of nitrogens with zero attached hydrogens (tertiary/aromatic N) is 1. The Morgan fingerprint density at radius 2 is 2.00 bits per heavy atom. The Labute approximate surface area is 201 Å². The molecule has 2 fully saturated rings. The summed E-state index contributed by atoms with van der Waals surface area (Å²) in [5.74, 6) is 2.77. The topological polar surface area (TPSA) is 27.3 Å². The molecule has 4 heteroatoms. The van der Waals surface area contributed by atoms with E-state index < -0.39 is 0 Å². The van der Waals surface area contributed by atoms with Crippen molar-refractivity contribution in [3.8, 4) is 0 Å². The molecule has 0 spiro atoms. The summed E-state index contributed by atoms with van der Waals surface area (Å²) >= 11 is 6.21. The molecule has 0 amide bonds. The summed E-state index contributed by atoms with van der Waals surface area (Å²) in [5.41, 5.74) is 1.93. The van der Waals surface area contributed by atoms with E-state index in [2.05, 4.69) is 79.7 Å². The third-order valence-corrected chi connectivity index (χ3v) is 8.72. The van der Waals surface area contributed by atoms with Gasteiger partial charge in [-0.05, 0) is 74.6 Å². The number of allylic oxidation sites excluding steroid dienone is 6. The van der Waals surface area contributed by atoms with E-state index in [4.69, 9.17) is 11.6 Å². The average molecular weight is 458 g/mol. The van der Waals surface area contributed by atoms with Gasteiger partial charge in [0, 0.05) is 36.1 Å². The Balaban J connectivity index is 1.27.